The van der Waals surface area contributed by atoms with Gasteiger partial charge in [-0.25, -0.2) is 0 Å². The van der Waals surface area contributed by atoms with Crippen LogP contribution in [0.1, 0.15) is 12.5 Å². The average molecular weight is 154 g/mol. The van der Waals surface area contributed by atoms with Crippen LogP contribution >= 0.6 is 11.6 Å². The Morgan fingerprint density at radius 2 is 1.80 bits per heavy atom. The van der Waals surface area contributed by atoms with Crippen molar-refractivity contribution >= 4 is 17.3 Å². The zero-order chi connectivity index (χ0) is 7.56. The van der Waals surface area contributed by atoms with Crippen LogP contribution in [0.3, 0.4) is 0 Å². The van der Waals surface area contributed by atoms with Gasteiger partial charge in [-0.05, 0) is 24.6 Å². The fraction of sp³-hybridized carbons (Fsp3) is 0.125. The lowest BCUT2D eigenvalue weighted by Gasteiger charge is -1.95. The molecule has 0 atom stereocenters. The Morgan fingerprint density at radius 3 is 2.20 bits per heavy atom. The molecular formula is C8H8ClN. The van der Waals surface area contributed by atoms with E-state index in [1.807, 2.05) is 12.1 Å². The monoisotopic (exact) mass is 153 g/mol. The normalized spacial score (nSPS) is 9.40. The van der Waals surface area contributed by atoms with Crippen LogP contribution in [0.15, 0.2) is 24.3 Å². The number of hydrogen-bond acceptors (Lipinski definition) is 1. The highest BCUT2D eigenvalue weighted by molar-refractivity contribution is 6.30. The summed E-state index contributed by atoms with van der Waals surface area (Å²) < 4.78 is 0. The third-order valence-electron chi connectivity index (χ3n) is 1.28. The molecule has 0 aliphatic carbocycles. The molecule has 1 rings (SSSR count). The predicted molar refractivity (Wildman–Crippen MR) is 44.0 cm³/mol. The van der Waals surface area contributed by atoms with E-state index in [0.29, 0.717) is 10.7 Å². The lowest BCUT2D eigenvalue weighted by atomic mass is 10.1. The van der Waals surface area contributed by atoms with Crippen molar-refractivity contribution in [3.63, 3.8) is 0 Å². The summed E-state index contributed by atoms with van der Waals surface area (Å²) >= 11 is 5.65. The standard InChI is InChI=1S/C8H8ClN/c1-6(10)7-2-4-8(9)5-3-7/h2-5,10H,1H3. The third-order valence-corrected chi connectivity index (χ3v) is 1.53. The Kier molecular flexibility index (Phi) is 2.07. The van der Waals surface area contributed by atoms with Crippen LogP contribution in [0.2, 0.25) is 5.02 Å². The molecular weight excluding hydrogens is 146 g/mol. The van der Waals surface area contributed by atoms with Gasteiger partial charge in [-0.15, -0.1) is 0 Å². The summed E-state index contributed by atoms with van der Waals surface area (Å²) in [4.78, 5) is 0. The molecule has 1 nitrogen and oxygen atoms in total. The number of rotatable bonds is 1. The first kappa shape index (κ1) is 7.29. The first-order chi connectivity index (χ1) is 4.70. The highest BCUT2D eigenvalue weighted by Crippen LogP contribution is 2.09. The van der Waals surface area contributed by atoms with Gasteiger partial charge < -0.3 is 5.41 Å². The van der Waals surface area contributed by atoms with E-state index in [0.717, 1.165) is 5.56 Å². The Morgan fingerprint density at radius 1 is 1.30 bits per heavy atom. The van der Waals surface area contributed by atoms with Gasteiger partial charge in [-0.3, -0.25) is 0 Å². The van der Waals surface area contributed by atoms with Gasteiger partial charge in [0, 0.05) is 10.7 Å². The topological polar surface area (TPSA) is 23.9 Å². The molecule has 0 amide bonds. The molecule has 0 aromatic heterocycles. The number of halogens is 1. The van der Waals surface area contributed by atoms with Crippen LogP contribution in [0, 0.1) is 5.41 Å². The largest absolute Gasteiger partial charge is 0.305 e. The predicted octanol–water partition coefficient (Wildman–Crippen LogP) is 2.73. The third kappa shape index (κ3) is 1.58. The molecule has 0 saturated carbocycles. The smallest absolute Gasteiger partial charge is 0.0406 e. The molecule has 0 spiro atoms. The maximum Gasteiger partial charge on any atom is 0.0406 e. The second-order valence-electron chi connectivity index (χ2n) is 2.13. The first-order valence-electron chi connectivity index (χ1n) is 3.01. The van der Waals surface area contributed by atoms with Crippen molar-refractivity contribution in [3.05, 3.63) is 34.9 Å². The molecule has 1 N–H and O–H groups in total. The summed E-state index contributed by atoms with van der Waals surface area (Å²) in [5.41, 5.74) is 1.49. The Hall–Kier alpha value is -0.820. The summed E-state index contributed by atoms with van der Waals surface area (Å²) in [5.74, 6) is 0. The fourth-order valence-electron chi connectivity index (χ4n) is 0.700. The molecule has 10 heavy (non-hydrogen) atoms. The van der Waals surface area contributed by atoms with Crippen LogP contribution in [0.5, 0.6) is 0 Å². The summed E-state index contributed by atoms with van der Waals surface area (Å²) in [6.45, 7) is 1.75. The maximum absolute atomic E-state index is 7.26. The van der Waals surface area contributed by atoms with Crippen molar-refractivity contribution < 1.29 is 0 Å². The van der Waals surface area contributed by atoms with Gasteiger partial charge in [0.05, 0.1) is 0 Å². The minimum absolute atomic E-state index is 0.566. The van der Waals surface area contributed by atoms with E-state index in [9.17, 15) is 0 Å². The molecule has 0 aliphatic heterocycles. The van der Waals surface area contributed by atoms with Crippen LogP contribution in [-0.2, 0) is 0 Å². The highest BCUT2D eigenvalue weighted by Gasteiger charge is 1.92. The zero-order valence-corrected chi connectivity index (χ0v) is 6.44. The molecule has 1 aromatic carbocycles. The van der Waals surface area contributed by atoms with E-state index < -0.39 is 0 Å². The first-order valence-corrected chi connectivity index (χ1v) is 3.39. The van der Waals surface area contributed by atoms with Gasteiger partial charge in [0.2, 0.25) is 0 Å². The molecule has 0 bridgehead atoms. The van der Waals surface area contributed by atoms with Gasteiger partial charge in [-0.1, -0.05) is 23.7 Å². The van der Waals surface area contributed by atoms with Gasteiger partial charge in [0.1, 0.15) is 0 Å². The molecule has 1 aromatic rings. The maximum atomic E-state index is 7.26. The van der Waals surface area contributed by atoms with Gasteiger partial charge in [-0.2, -0.15) is 0 Å². The fourth-order valence-corrected chi connectivity index (χ4v) is 0.826. The highest BCUT2D eigenvalue weighted by atomic mass is 35.5. The van der Waals surface area contributed by atoms with Crippen molar-refractivity contribution in [1.29, 1.82) is 5.41 Å². The SMILES string of the molecule is CC(=N)c1ccc(Cl)cc1. The zero-order valence-electron chi connectivity index (χ0n) is 5.69. The molecule has 52 valence electrons. The van der Waals surface area contributed by atoms with Crippen LogP contribution in [-0.4, -0.2) is 5.71 Å². The van der Waals surface area contributed by atoms with Crippen LogP contribution < -0.4 is 0 Å². The Labute approximate surface area is 65.1 Å². The van der Waals surface area contributed by atoms with Gasteiger partial charge in [0.25, 0.3) is 0 Å². The van der Waals surface area contributed by atoms with Crippen molar-refractivity contribution in [2.75, 3.05) is 0 Å². The summed E-state index contributed by atoms with van der Waals surface area (Å²) in [6.07, 6.45) is 0. The molecule has 0 fully saturated rings. The van der Waals surface area contributed by atoms with E-state index in [2.05, 4.69) is 0 Å². The number of nitrogens with one attached hydrogen (secondary N) is 1. The van der Waals surface area contributed by atoms with Gasteiger partial charge in [0.15, 0.2) is 0 Å². The van der Waals surface area contributed by atoms with Crippen molar-refractivity contribution in [2.45, 2.75) is 6.92 Å². The average Bonchev–Trinajstić information content (AvgIpc) is 1.88. The van der Waals surface area contributed by atoms with E-state index in [4.69, 9.17) is 17.0 Å². The lowest BCUT2D eigenvalue weighted by Crippen LogP contribution is -1.89. The molecule has 0 saturated heterocycles. The van der Waals surface area contributed by atoms with E-state index >= 15 is 0 Å². The molecule has 2 heteroatoms. The molecule has 0 unspecified atom stereocenters. The second-order valence-corrected chi connectivity index (χ2v) is 2.57. The van der Waals surface area contributed by atoms with Crippen molar-refractivity contribution in [2.24, 2.45) is 0 Å². The number of hydrogen-bond donors (Lipinski definition) is 1. The van der Waals surface area contributed by atoms with Crippen molar-refractivity contribution in [1.82, 2.24) is 0 Å². The summed E-state index contributed by atoms with van der Waals surface area (Å²) in [7, 11) is 0. The Balaban J connectivity index is 3.00. The summed E-state index contributed by atoms with van der Waals surface area (Å²) in [5, 5.41) is 7.98. The Bertz CT molecular complexity index is 238. The second kappa shape index (κ2) is 2.84. The quantitative estimate of drug-likeness (QED) is 0.600. The van der Waals surface area contributed by atoms with E-state index in [-0.39, 0.29) is 0 Å². The lowest BCUT2D eigenvalue weighted by molar-refractivity contribution is 1.46. The van der Waals surface area contributed by atoms with E-state index in [1.54, 1.807) is 19.1 Å². The minimum atomic E-state index is 0.566. The van der Waals surface area contributed by atoms with E-state index in [1.165, 1.54) is 0 Å². The summed E-state index contributed by atoms with van der Waals surface area (Å²) in [6, 6.07) is 7.25. The number of benzene rings is 1. The van der Waals surface area contributed by atoms with Gasteiger partial charge >= 0.3 is 0 Å². The van der Waals surface area contributed by atoms with Crippen molar-refractivity contribution in [3.8, 4) is 0 Å². The molecule has 0 radical (unpaired) electrons. The van der Waals surface area contributed by atoms with Crippen LogP contribution in [0.25, 0.3) is 0 Å². The van der Waals surface area contributed by atoms with Crippen LogP contribution in [0.4, 0.5) is 0 Å². The molecule has 0 aliphatic rings. The molecule has 0 heterocycles. The minimum Gasteiger partial charge on any atom is -0.305 e.